The minimum Gasteiger partial charge on any atom is -0.396 e. The van der Waals surface area contributed by atoms with Gasteiger partial charge in [0.15, 0.2) is 0 Å². The van der Waals surface area contributed by atoms with E-state index < -0.39 is 0 Å². The summed E-state index contributed by atoms with van der Waals surface area (Å²) in [6, 6.07) is 0. The van der Waals surface area contributed by atoms with E-state index in [1.807, 2.05) is 6.08 Å². The SMILES string of the molecule is C=C[C@H](CCCCCCCO)OCOC. The van der Waals surface area contributed by atoms with E-state index >= 15 is 0 Å². The average Bonchev–Trinajstić information content (AvgIpc) is 2.27. The molecule has 0 fully saturated rings. The lowest BCUT2D eigenvalue weighted by Crippen LogP contribution is -2.11. The zero-order valence-electron chi connectivity index (χ0n) is 9.78. The first-order chi connectivity index (χ1) is 7.35. The second-order valence-electron chi connectivity index (χ2n) is 3.63. The Labute approximate surface area is 93.1 Å². The molecule has 0 bridgehead atoms. The fourth-order valence-corrected chi connectivity index (χ4v) is 1.41. The van der Waals surface area contributed by atoms with Crippen LogP contribution < -0.4 is 0 Å². The second kappa shape index (κ2) is 11.7. The van der Waals surface area contributed by atoms with Gasteiger partial charge in [-0.15, -0.1) is 6.58 Å². The van der Waals surface area contributed by atoms with Crippen LogP contribution in [0.4, 0.5) is 0 Å². The van der Waals surface area contributed by atoms with Crippen molar-refractivity contribution in [3.05, 3.63) is 12.7 Å². The van der Waals surface area contributed by atoms with Crippen LogP contribution in [-0.4, -0.2) is 31.7 Å². The molecular weight excluding hydrogens is 192 g/mol. The largest absolute Gasteiger partial charge is 0.396 e. The maximum atomic E-state index is 8.60. The molecule has 0 spiro atoms. The van der Waals surface area contributed by atoms with Crippen LogP contribution in [0.25, 0.3) is 0 Å². The first-order valence-corrected chi connectivity index (χ1v) is 5.69. The van der Waals surface area contributed by atoms with Gasteiger partial charge in [-0.05, 0) is 12.8 Å². The topological polar surface area (TPSA) is 38.7 Å². The Morgan fingerprint density at radius 1 is 1.20 bits per heavy atom. The summed E-state index contributed by atoms with van der Waals surface area (Å²) in [4.78, 5) is 0. The number of rotatable bonds is 11. The molecule has 0 aliphatic carbocycles. The fourth-order valence-electron chi connectivity index (χ4n) is 1.41. The van der Waals surface area contributed by atoms with E-state index in [9.17, 15) is 0 Å². The van der Waals surface area contributed by atoms with Crippen molar-refractivity contribution in [1.29, 1.82) is 0 Å². The lowest BCUT2D eigenvalue weighted by molar-refractivity contribution is -0.0579. The van der Waals surface area contributed by atoms with Gasteiger partial charge in [0.1, 0.15) is 6.79 Å². The molecule has 0 radical (unpaired) electrons. The average molecular weight is 216 g/mol. The maximum Gasteiger partial charge on any atom is 0.147 e. The molecule has 0 rings (SSSR count). The van der Waals surface area contributed by atoms with Gasteiger partial charge in [0.2, 0.25) is 0 Å². The Balaban J connectivity index is 3.26. The van der Waals surface area contributed by atoms with Crippen LogP contribution in [0.2, 0.25) is 0 Å². The summed E-state index contributed by atoms with van der Waals surface area (Å²) in [6.45, 7) is 4.37. The number of methoxy groups -OCH3 is 1. The molecule has 1 atom stereocenters. The van der Waals surface area contributed by atoms with E-state index in [-0.39, 0.29) is 6.10 Å². The Kier molecular flexibility index (Phi) is 11.4. The number of aliphatic hydroxyl groups excluding tert-OH is 1. The predicted molar refractivity (Wildman–Crippen MR) is 61.7 cm³/mol. The summed E-state index contributed by atoms with van der Waals surface area (Å²) in [7, 11) is 1.62. The van der Waals surface area contributed by atoms with Crippen molar-refractivity contribution in [2.45, 2.75) is 44.6 Å². The van der Waals surface area contributed by atoms with Crippen molar-refractivity contribution in [2.24, 2.45) is 0 Å². The summed E-state index contributed by atoms with van der Waals surface area (Å²) in [5, 5.41) is 8.60. The van der Waals surface area contributed by atoms with Crippen molar-refractivity contribution in [3.8, 4) is 0 Å². The third kappa shape index (κ3) is 9.91. The minimum absolute atomic E-state index is 0.114. The van der Waals surface area contributed by atoms with Gasteiger partial charge < -0.3 is 14.6 Å². The first-order valence-electron chi connectivity index (χ1n) is 5.69. The smallest absolute Gasteiger partial charge is 0.147 e. The molecule has 0 aliphatic rings. The van der Waals surface area contributed by atoms with E-state index in [4.69, 9.17) is 14.6 Å². The van der Waals surface area contributed by atoms with Gasteiger partial charge in [0.05, 0.1) is 6.10 Å². The van der Waals surface area contributed by atoms with Crippen LogP contribution in [0.1, 0.15) is 38.5 Å². The van der Waals surface area contributed by atoms with Crippen molar-refractivity contribution in [2.75, 3.05) is 20.5 Å². The van der Waals surface area contributed by atoms with E-state index in [0.717, 1.165) is 25.7 Å². The quantitative estimate of drug-likeness (QED) is 0.327. The summed E-state index contributed by atoms with van der Waals surface area (Å²) < 4.78 is 10.2. The van der Waals surface area contributed by atoms with E-state index in [1.54, 1.807) is 7.11 Å². The van der Waals surface area contributed by atoms with E-state index in [1.165, 1.54) is 12.8 Å². The zero-order valence-corrected chi connectivity index (χ0v) is 9.78. The third-order valence-corrected chi connectivity index (χ3v) is 2.31. The first kappa shape index (κ1) is 14.6. The molecule has 0 aromatic carbocycles. The summed E-state index contributed by atoms with van der Waals surface area (Å²) >= 11 is 0. The lowest BCUT2D eigenvalue weighted by atomic mass is 10.1. The third-order valence-electron chi connectivity index (χ3n) is 2.31. The van der Waals surface area contributed by atoms with Gasteiger partial charge in [-0.3, -0.25) is 0 Å². The van der Waals surface area contributed by atoms with Crippen LogP contribution >= 0.6 is 0 Å². The zero-order chi connectivity index (χ0) is 11.4. The fraction of sp³-hybridized carbons (Fsp3) is 0.833. The highest BCUT2D eigenvalue weighted by Gasteiger charge is 2.03. The van der Waals surface area contributed by atoms with Gasteiger partial charge in [0, 0.05) is 13.7 Å². The highest BCUT2D eigenvalue weighted by Crippen LogP contribution is 2.10. The molecular formula is C12H24O3. The summed E-state index contributed by atoms with van der Waals surface area (Å²) in [6.07, 6.45) is 8.52. The Hall–Kier alpha value is -0.380. The molecule has 0 aromatic rings. The molecule has 0 aliphatic heterocycles. The van der Waals surface area contributed by atoms with Crippen LogP contribution in [-0.2, 0) is 9.47 Å². The van der Waals surface area contributed by atoms with Crippen LogP contribution in [0.3, 0.4) is 0 Å². The summed E-state index contributed by atoms with van der Waals surface area (Å²) in [5.74, 6) is 0. The number of ether oxygens (including phenoxy) is 2. The van der Waals surface area contributed by atoms with Gasteiger partial charge in [-0.1, -0.05) is 31.8 Å². The summed E-state index contributed by atoms with van der Waals surface area (Å²) in [5.41, 5.74) is 0. The molecule has 0 amide bonds. The molecule has 15 heavy (non-hydrogen) atoms. The molecule has 90 valence electrons. The standard InChI is InChI=1S/C12H24O3/c1-3-12(15-11-14-2)9-7-5-4-6-8-10-13/h3,12-13H,1,4-11H2,2H3/t12-/m1/s1. The number of unbranched alkanes of at least 4 members (excludes halogenated alkanes) is 4. The Bertz CT molecular complexity index is 137. The predicted octanol–water partition coefficient (Wildman–Crippen LogP) is 2.49. The molecule has 0 heterocycles. The molecule has 0 unspecified atom stereocenters. The highest BCUT2D eigenvalue weighted by atomic mass is 16.7. The lowest BCUT2D eigenvalue weighted by Gasteiger charge is -2.12. The van der Waals surface area contributed by atoms with Crippen LogP contribution in [0, 0.1) is 0 Å². The minimum atomic E-state index is 0.114. The highest BCUT2D eigenvalue weighted by molar-refractivity contribution is 4.79. The Morgan fingerprint density at radius 3 is 2.47 bits per heavy atom. The normalized spacial score (nSPS) is 12.7. The van der Waals surface area contributed by atoms with Crippen molar-refractivity contribution in [1.82, 2.24) is 0 Å². The van der Waals surface area contributed by atoms with Gasteiger partial charge in [0.25, 0.3) is 0 Å². The van der Waals surface area contributed by atoms with Crippen molar-refractivity contribution in [3.63, 3.8) is 0 Å². The molecule has 1 N–H and O–H groups in total. The van der Waals surface area contributed by atoms with Crippen molar-refractivity contribution >= 4 is 0 Å². The second-order valence-corrected chi connectivity index (χ2v) is 3.63. The maximum absolute atomic E-state index is 8.60. The van der Waals surface area contributed by atoms with Gasteiger partial charge in [-0.2, -0.15) is 0 Å². The number of hydrogen-bond donors (Lipinski definition) is 1. The number of hydrogen-bond acceptors (Lipinski definition) is 3. The van der Waals surface area contributed by atoms with Gasteiger partial charge in [-0.25, -0.2) is 0 Å². The molecule has 3 heteroatoms. The monoisotopic (exact) mass is 216 g/mol. The number of aliphatic hydroxyl groups is 1. The molecule has 0 saturated carbocycles. The van der Waals surface area contributed by atoms with Crippen LogP contribution in [0.15, 0.2) is 12.7 Å². The van der Waals surface area contributed by atoms with E-state index in [2.05, 4.69) is 6.58 Å². The molecule has 3 nitrogen and oxygen atoms in total. The van der Waals surface area contributed by atoms with Crippen molar-refractivity contribution < 1.29 is 14.6 Å². The van der Waals surface area contributed by atoms with Gasteiger partial charge >= 0.3 is 0 Å². The molecule has 0 aromatic heterocycles. The van der Waals surface area contributed by atoms with Crippen LogP contribution in [0.5, 0.6) is 0 Å². The van der Waals surface area contributed by atoms with E-state index in [0.29, 0.717) is 13.4 Å². The molecule has 0 saturated heterocycles. The Morgan fingerprint density at radius 2 is 1.87 bits per heavy atom.